The molecule has 0 heterocycles. The van der Waals surface area contributed by atoms with Gasteiger partial charge in [-0.25, -0.2) is 8.78 Å². The molecule has 0 N–H and O–H groups in total. The predicted octanol–water partition coefficient (Wildman–Crippen LogP) is 3.63. The van der Waals surface area contributed by atoms with Crippen LogP contribution in [0, 0.1) is 29.4 Å². The molecule has 2 rings (SSSR count). The summed E-state index contributed by atoms with van der Waals surface area (Å²) in [6.45, 7) is 0. The molecule has 0 aromatic heterocycles. The third-order valence-electron chi connectivity index (χ3n) is 2.60. The third kappa shape index (κ3) is 2.72. The number of benzene rings is 2. The van der Waals surface area contributed by atoms with Crippen LogP contribution >= 0.6 is 0 Å². The van der Waals surface area contributed by atoms with E-state index in [4.69, 9.17) is 5.26 Å². The molecule has 0 bridgehead atoms. The van der Waals surface area contributed by atoms with Gasteiger partial charge in [0.2, 0.25) is 0 Å². The summed E-state index contributed by atoms with van der Waals surface area (Å²) in [5.74, 6) is -1.15. The lowest BCUT2D eigenvalue weighted by atomic mass is 10.0. The largest absolute Gasteiger partial charge is 0.207 e. The SMILES string of the molecule is N#Cc1cccc(C[CH]c2c(F)cccc2F)c1. The van der Waals surface area contributed by atoms with Crippen LogP contribution in [0.15, 0.2) is 42.5 Å². The lowest BCUT2D eigenvalue weighted by Gasteiger charge is -2.04. The fourth-order valence-electron chi connectivity index (χ4n) is 1.69. The summed E-state index contributed by atoms with van der Waals surface area (Å²) >= 11 is 0. The van der Waals surface area contributed by atoms with Crippen molar-refractivity contribution in [1.29, 1.82) is 5.26 Å². The molecule has 0 saturated carbocycles. The maximum Gasteiger partial charge on any atom is 0.129 e. The lowest BCUT2D eigenvalue weighted by Crippen LogP contribution is -1.96. The molecular formula is C15H10F2N. The molecule has 0 amide bonds. The number of halogens is 2. The van der Waals surface area contributed by atoms with Gasteiger partial charge < -0.3 is 0 Å². The van der Waals surface area contributed by atoms with Gasteiger partial charge in [0.1, 0.15) is 11.6 Å². The van der Waals surface area contributed by atoms with E-state index in [9.17, 15) is 8.78 Å². The third-order valence-corrected chi connectivity index (χ3v) is 2.60. The summed E-state index contributed by atoms with van der Waals surface area (Å²) in [4.78, 5) is 0. The second-order valence-corrected chi connectivity index (χ2v) is 3.86. The van der Waals surface area contributed by atoms with Gasteiger partial charge in [-0.2, -0.15) is 5.26 Å². The van der Waals surface area contributed by atoms with Gasteiger partial charge >= 0.3 is 0 Å². The summed E-state index contributed by atoms with van der Waals surface area (Å²) in [5, 5.41) is 8.76. The van der Waals surface area contributed by atoms with Crippen molar-refractivity contribution >= 4 is 0 Å². The van der Waals surface area contributed by atoms with Crippen LogP contribution in [0.1, 0.15) is 16.7 Å². The van der Waals surface area contributed by atoms with E-state index in [1.54, 1.807) is 18.2 Å². The molecule has 0 atom stereocenters. The van der Waals surface area contributed by atoms with E-state index in [0.717, 1.165) is 5.56 Å². The Labute approximate surface area is 104 Å². The van der Waals surface area contributed by atoms with Crippen molar-refractivity contribution in [2.45, 2.75) is 6.42 Å². The standard InChI is InChI=1S/C15H10F2N/c16-14-5-2-6-15(17)13(14)8-7-11-3-1-4-12(9-11)10-18/h1-6,8-9H,7H2. The highest BCUT2D eigenvalue weighted by Gasteiger charge is 2.08. The van der Waals surface area contributed by atoms with Gasteiger partial charge in [-0.05, 0) is 36.2 Å². The van der Waals surface area contributed by atoms with Gasteiger partial charge in [-0.1, -0.05) is 18.2 Å². The van der Waals surface area contributed by atoms with Gasteiger partial charge in [0.25, 0.3) is 0 Å². The zero-order valence-electron chi connectivity index (χ0n) is 9.53. The van der Waals surface area contributed by atoms with E-state index in [0.29, 0.717) is 12.0 Å². The van der Waals surface area contributed by atoms with Crippen molar-refractivity contribution in [3.63, 3.8) is 0 Å². The number of rotatable bonds is 3. The number of hydrogen-bond acceptors (Lipinski definition) is 1. The summed E-state index contributed by atoms with van der Waals surface area (Å²) < 4.78 is 26.8. The smallest absolute Gasteiger partial charge is 0.129 e. The van der Waals surface area contributed by atoms with Crippen LogP contribution in [0.25, 0.3) is 0 Å². The van der Waals surface area contributed by atoms with Gasteiger partial charge in [-0.3, -0.25) is 0 Å². The Bertz CT molecular complexity index is 579. The molecule has 3 heteroatoms. The fourth-order valence-corrected chi connectivity index (χ4v) is 1.69. The molecule has 89 valence electrons. The molecule has 18 heavy (non-hydrogen) atoms. The van der Waals surface area contributed by atoms with E-state index < -0.39 is 11.6 Å². The zero-order chi connectivity index (χ0) is 13.0. The minimum atomic E-state index is -0.577. The molecular weight excluding hydrogens is 232 g/mol. The van der Waals surface area contributed by atoms with E-state index in [1.807, 2.05) is 12.1 Å². The molecule has 0 spiro atoms. The average molecular weight is 242 g/mol. The van der Waals surface area contributed by atoms with E-state index in [-0.39, 0.29) is 5.56 Å². The Morgan fingerprint density at radius 3 is 2.39 bits per heavy atom. The molecule has 0 fully saturated rings. The van der Waals surface area contributed by atoms with E-state index >= 15 is 0 Å². The number of hydrogen-bond donors (Lipinski definition) is 0. The Hall–Kier alpha value is -2.21. The highest BCUT2D eigenvalue weighted by Crippen LogP contribution is 2.17. The van der Waals surface area contributed by atoms with Crippen molar-refractivity contribution in [1.82, 2.24) is 0 Å². The molecule has 2 aromatic rings. The number of nitriles is 1. The Morgan fingerprint density at radius 1 is 1.06 bits per heavy atom. The Kier molecular flexibility index (Phi) is 3.69. The van der Waals surface area contributed by atoms with Gasteiger partial charge in [-0.15, -0.1) is 0 Å². The molecule has 0 aliphatic carbocycles. The molecule has 0 unspecified atom stereocenters. The number of nitrogens with zero attached hydrogens (tertiary/aromatic N) is 1. The summed E-state index contributed by atoms with van der Waals surface area (Å²) in [5.41, 5.74) is 1.35. The average Bonchev–Trinajstić information content (AvgIpc) is 2.38. The molecule has 2 aromatic carbocycles. The first-order valence-electron chi connectivity index (χ1n) is 5.47. The van der Waals surface area contributed by atoms with Crippen LogP contribution in [0.3, 0.4) is 0 Å². The summed E-state index contributed by atoms with van der Waals surface area (Å²) in [6, 6.07) is 12.8. The van der Waals surface area contributed by atoms with Crippen molar-refractivity contribution in [2.75, 3.05) is 0 Å². The first-order chi connectivity index (χ1) is 8.70. The van der Waals surface area contributed by atoms with Crippen LogP contribution in [0.2, 0.25) is 0 Å². The summed E-state index contributed by atoms with van der Waals surface area (Å²) in [7, 11) is 0. The first kappa shape index (κ1) is 12.3. The second kappa shape index (κ2) is 5.42. The minimum absolute atomic E-state index is 0.0279. The maximum atomic E-state index is 13.4. The Balaban J connectivity index is 2.14. The van der Waals surface area contributed by atoms with Crippen molar-refractivity contribution < 1.29 is 8.78 Å². The molecule has 0 aliphatic rings. The maximum absolute atomic E-state index is 13.4. The zero-order valence-corrected chi connectivity index (χ0v) is 9.53. The topological polar surface area (TPSA) is 23.8 Å². The van der Waals surface area contributed by atoms with Crippen LogP contribution in [0.4, 0.5) is 8.78 Å². The molecule has 1 radical (unpaired) electrons. The van der Waals surface area contributed by atoms with Crippen LogP contribution < -0.4 is 0 Å². The molecule has 0 aliphatic heterocycles. The highest BCUT2D eigenvalue weighted by molar-refractivity contribution is 5.35. The first-order valence-corrected chi connectivity index (χ1v) is 5.47. The van der Waals surface area contributed by atoms with Gasteiger partial charge in [0, 0.05) is 12.0 Å². The predicted molar refractivity (Wildman–Crippen MR) is 64.6 cm³/mol. The Morgan fingerprint density at radius 2 is 1.72 bits per heavy atom. The lowest BCUT2D eigenvalue weighted by molar-refractivity contribution is 0.569. The van der Waals surface area contributed by atoms with E-state index in [1.165, 1.54) is 24.6 Å². The van der Waals surface area contributed by atoms with Crippen LogP contribution in [-0.2, 0) is 6.42 Å². The van der Waals surface area contributed by atoms with Crippen molar-refractivity contribution in [3.05, 3.63) is 77.2 Å². The highest BCUT2D eigenvalue weighted by atomic mass is 19.1. The molecule has 1 nitrogen and oxygen atoms in total. The van der Waals surface area contributed by atoms with E-state index in [2.05, 4.69) is 0 Å². The second-order valence-electron chi connectivity index (χ2n) is 3.86. The summed E-state index contributed by atoms with van der Waals surface area (Å²) in [6.07, 6.45) is 1.87. The normalized spacial score (nSPS) is 10.1. The quantitative estimate of drug-likeness (QED) is 0.806. The van der Waals surface area contributed by atoms with Crippen LogP contribution in [-0.4, -0.2) is 0 Å². The monoisotopic (exact) mass is 242 g/mol. The van der Waals surface area contributed by atoms with Crippen LogP contribution in [0.5, 0.6) is 0 Å². The minimum Gasteiger partial charge on any atom is -0.207 e. The molecule has 0 saturated heterocycles. The van der Waals surface area contributed by atoms with Crippen molar-refractivity contribution in [3.8, 4) is 6.07 Å². The van der Waals surface area contributed by atoms with Gasteiger partial charge in [0.15, 0.2) is 0 Å². The van der Waals surface area contributed by atoms with Gasteiger partial charge in [0.05, 0.1) is 11.6 Å². The van der Waals surface area contributed by atoms with Crippen molar-refractivity contribution in [2.24, 2.45) is 0 Å². The fraction of sp³-hybridized carbons (Fsp3) is 0.0667.